The molecule has 0 aliphatic carbocycles. The normalized spacial score (nSPS) is 27.1. The molecule has 20 heteroatoms. The SMILES string of the molecule is CC(=O)OC[C@H]1O[C@@H](OCc2cccc(CO[C@@H]3O[C@H](COC(C)=O)[C@H](OC(C)=O)[C@H](OC(C)=O)[C@H]3OC(C)=O)c2)[C@H](OC(C)=O)[C@@H](OC(C)=O)[C@H]1OC(C)=O. The summed E-state index contributed by atoms with van der Waals surface area (Å²) in [5.41, 5.74) is 1.03. The minimum absolute atomic E-state index is 0.208. The van der Waals surface area contributed by atoms with Gasteiger partial charge in [0.15, 0.2) is 49.2 Å². The zero-order chi connectivity index (χ0) is 41.7. The Kier molecular flexibility index (Phi) is 17.1. The molecule has 1 aromatic rings. The van der Waals surface area contributed by atoms with Gasteiger partial charge in [0, 0.05) is 55.4 Å². The monoisotopic (exact) mass is 798 g/mol. The van der Waals surface area contributed by atoms with Crippen molar-refractivity contribution in [2.24, 2.45) is 0 Å². The molecule has 0 radical (unpaired) electrons. The van der Waals surface area contributed by atoms with Gasteiger partial charge in [0.05, 0.1) is 13.2 Å². The van der Waals surface area contributed by atoms with Crippen molar-refractivity contribution in [3.63, 3.8) is 0 Å². The Hall–Kier alpha value is -5.18. The smallest absolute Gasteiger partial charge is 0.303 e. The maximum atomic E-state index is 12.2. The van der Waals surface area contributed by atoms with Crippen molar-refractivity contribution in [3.8, 4) is 0 Å². The Bertz CT molecular complexity index is 1480. The van der Waals surface area contributed by atoms with Crippen LogP contribution in [0.5, 0.6) is 0 Å². The summed E-state index contributed by atoms with van der Waals surface area (Å²) >= 11 is 0. The first-order valence-corrected chi connectivity index (χ1v) is 17.3. The van der Waals surface area contributed by atoms with Crippen LogP contribution in [0.1, 0.15) is 66.5 Å². The fraction of sp³-hybridized carbons (Fsp3) is 0.611. The van der Waals surface area contributed by atoms with Gasteiger partial charge in [-0.3, -0.25) is 38.4 Å². The fourth-order valence-corrected chi connectivity index (χ4v) is 5.81. The average Bonchev–Trinajstić information content (AvgIpc) is 3.08. The van der Waals surface area contributed by atoms with Crippen molar-refractivity contribution in [1.29, 1.82) is 0 Å². The third kappa shape index (κ3) is 14.2. The zero-order valence-corrected chi connectivity index (χ0v) is 32.1. The highest BCUT2D eigenvalue weighted by Gasteiger charge is 2.54. The molecule has 0 spiro atoms. The Morgan fingerprint density at radius 1 is 0.446 bits per heavy atom. The summed E-state index contributed by atoms with van der Waals surface area (Å²) in [5.74, 6) is -6.14. The van der Waals surface area contributed by atoms with E-state index < -0.39 is 122 Å². The number of rotatable bonds is 16. The van der Waals surface area contributed by atoms with E-state index in [1.54, 1.807) is 24.3 Å². The van der Waals surface area contributed by atoms with Crippen LogP contribution in [-0.2, 0) is 108 Å². The predicted octanol–water partition coefficient (Wildman–Crippen LogP) is 0.886. The predicted molar refractivity (Wildman–Crippen MR) is 180 cm³/mol. The van der Waals surface area contributed by atoms with Gasteiger partial charge in [-0.25, -0.2) is 0 Å². The maximum absolute atomic E-state index is 12.2. The molecule has 2 heterocycles. The van der Waals surface area contributed by atoms with Gasteiger partial charge in [-0.15, -0.1) is 0 Å². The first-order chi connectivity index (χ1) is 26.3. The van der Waals surface area contributed by atoms with E-state index in [1.807, 2.05) is 0 Å². The molecule has 0 amide bonds. The number of ether oxygens (including phenoxy) is 12. The Morgan fingerprint density at radius 3 is 1.05 bits per heavy atom. The third-order valence-corrected chi connectivity index (χ3v) is 7.72. The van der Waals surface area contributed by atoms with Crippen LogP contribution in [0.15, 0.2) is 24.3 Å². The molecule has 0 unspecified atom stereocenters. The lowest BCUT2D eigenvalue weighted by Gasteiger charge is -2.44. The molecule has 2 saturated heterocycles. The summed E-state index contributed by atoms with van der Waals surface area (Å²) in [6.45, 7) is 7.59. The van der Waals surface area contributed by atoms with Crippen LogP contribution in [0.2, 0.25) is 0 Å². The summed E-state index contributed by atoms with van der Waals surface area (Å²) in [4.78, 5) is 96.0. The molecule has 0 aromatic heterocycles. The van der Waals surface area contributed by atoms with Crippen molar-refractivity contribution in [1.82, 2.24) is 0 Å². The van der Waals surface area contributed by atoms with Crippen molar-refractivity contribution < 1.29 is 95.2 Å². The molecule has 56 heavy (non-hydrogen) atoms. The lowest BCUT2D eigenvalue weighted by Crippen LogP contribution is -2.62. The first-order valence-electron chi connectivity index (χ1n) is 17.3. The third-order valence-electron chi connectivity index (χ3n) is 7.72. The largest absolute Gasteiger partial charge is 0.463 e. The van der Waals surface area contributed by atoms with E-state index in [1.165, 1.54) is 0 Å². The van der Waals surface area contributed by atoms with E-state index in [0.717, 1.165) is 55.4 Å². The minimum Gasteiger partial charge on any atom is -0.463 e. The van der Waals surface area contributed by atoms with Crippen LogP contribution in [0.4, 0.5) is 0 Å². The second-order valence-electron chi connectivity index (χ2n) is 12.6. The molecule has 20 nitrogen and oxygen atoms in total. The molecule has 310 valence electrons. The van der Waals surface area contributed by atoms with Gasteiger partial charge >= 0.3 is 47.8 Å². The highest BCUT2D eigenvalue weighted by Crippen LogP contribution is 2.32. The van der Waals surface area contributed by atoms with E-state index in [2.05, 4.69) is 0 Å². The van der Waals surface area contributed by atoms with Gasteiger partial charge in [0.25, 0.3) is 0 Å². The fourth-order valence-electron chi connectivity index (χ4n) is 5.81. The number of hydrogen-bond donors (Lipinski definition) is 0. The van der Waals surface area contributed by atoms with Gasteiger partial charge in [-0.05, 0) is 11.1 Å². The number of esters is 8. The van der Waals surface area contributed by atoms with Crippen LogP contribution in [0.3, 0.4) is 0 Å². The highest BCUT2D eigenvalue weighted by atomic mass is 16.7. The van der Waals surface area contributed by atoms with Crippen LogP contribution in [0.25, 0.3) is 0 Å². The summed E-state index contributed by atoms with van der Waals surface area (Å²) in [7, 11) is 0. The lowest BCUT2D eigenvalue weighted by molar-refractivity contribution is -0.311. The second-order valence-corrected chi connectivity index (χ2v) is 12.6. The molecule has 3 rings (SSSR count). The van der Waals surface area contributed by atoms with E-state index in [0.29, 0.717) is 11.1 Å². The van der Waals surface area contributed by atoms with Gasteiger partial charge in [0.1, 0.15) is 25.4 Å². The van der Waals surface area contributed by atoms with E-state index in [-0.39, 0.29) is 13.2 Å². The molecule has 2 aliphatic rings. The zero-order valence-electron chi connectivity index (χ0n) is 32.1. The summed E-state index contributed by atoms with van der Waals surface area (Å²) in [5, 5.41) is 0. The van der Waals surface area contributed by atoms with E-state index in [9.17, 15) is 38.4 Å². The molecule has 1 aromatic carbocycles. The standard InChI is InChI=1S/C36H46O20/c1-17(37)45-15-27-29(49-19(3)39)31(51-21(5)41)33(53-23(7)43)35(55-27)47-13-25-10-9-11-26(12-25)14-48-36-34(54-24(8)44)32(52-22(6)42)30(50-20(4)40)28(56-36)16-46-18(2)38/h9-12,27-36H,13-16H2,1-8H3/t27-,28-,29+,30+,31+,32+,33-,34-,35-,36-/m1/s1. The first kappa shape index (κ1) is 45.2. The van der Waals surface area contributed by atoms with Crippen molar-refractivity contribution in [2.75, 3.05) is 13.2 Å². The van der Waals surface area contributed by atoms with Gasteiger partial charge in [0.2, 0.25) is 0 Å². The lowest BCUT2D eigenvalue weighted by atomic mass is 9.98. The van der Waals surface area contributed by atoms with Crippen molar-refractivity contribution in [3.05, 3.63) is 35.4 Å². The van der Waals surface area contributed by atoms with Crippen LogP contribution < -0.4 is 0 Å². The molecular weight excluding hydrogens is 752 g/mol. The Morgan fingerprint density at radius 2 is 0.750 bits per heavy atom. The Labute approximate surface area is 321 Å². The Balaban J connectivity index is 1.87. The molecule has 0 saturated carbocycles. The van der Waals surface area contributed by atoms with E-state index >= 15 is 0 Å². The van der Waals surface area contributed by atoms with Crippen molar-refractivity contribution >= 4 is 47.8 Å². The summed E-state index contributed by atoms with van der Waals surface area (Å²) < 4.78 is 66.7. The van der Waals surface area contributed by atoms with Crippen molar-refractivity contribution in [2.45, 2.75) is 130 Å². The number of carbonyl (C=O) groups excluding carboxylic acids is 8. The summed E-state index contributed by atoms with van der Waals surface area (Å²) in [6, 6.07) is 6.64. The molecule has 0 bridgehead atoms. The quantitative estimate of drug-likeness (QED) is 0.166. The van der Waals surface area contributed by atoms with Crippen LogP contribution in [-0.4, -0.2) is 122 Å². The molecule has 0 N–H and O–H groups in total. The van der Waals surface area contributed by atoms with Gasteiger partial charge in [-0.1, -0.05) is 24.3 Å². The average molecular weight is 799 g/mol. The molecule has 2 fully saturated rings. The maximum Gasteiger partial charge on any atom is 0.303 e. The van der Waals surface area contributed by atoms with Crippen LogP contribution in [0, 0.1) is 0 Å². The second kappa shape index (κ2) is 21.2. The van der Waals surface area contributed by atoms with Gasteiger partial charge < -0.3 is 56.8 Å². The number of carbonyl (C=O) groups is 8. The summed E-state index contributed by atoms with van der Waals surface area (Å²) in [6.07, 6.45) is -13.8. The molecule has 10 atom stereocenters. The van der Waals surface area contributed by atoms with E-state index in [4.69, 9.17) is 56.8 Å². The minimum atomic E-state index is -1.44. The molecular formula is C36H46O20. The molecule has 2 aliphatic heterocycles. The topological polar surface area (TPSA) is 247 Å². The highest BCUT2D eigenvalue weighted by molar-refractivity contribution is 5.70. The number of benzene rings is 1. The van der Waals surface area contributed by atoms with Gasteiger partial charge in [-0.2, -0.15) is 0 Å². The number of hydrogen-bond acceptors (Lipinski definition) is 20. The van der Waals surface area contributed by atoms with Crippen LogP contribution >= 0.6 is 0 Å².